The zero-order valence-corrected chi connectivity index (χ0v) is 13.0. The molecule has 1 aliphatic carbocycles. The van der Waals surface area contributed by atoms with Crippen LogP contribution in [0.15, 0.2) is 6.20 Å². The quantitative estimate of drug-likeness (QED) is 0.912. The maximum Gasteiger partial charge on any atom is 0.0965 e. The van der Waals surface area contributed by atoms with Crippen LogP contribution in [0.4, 0.5) is 0 Å². The molecule has 0 aliphatic heterocycles. The van der Waals surface area contributed by atoms with E-state index in [1.165, 1.54) is 19.3 Å². The minimum atomic E-state index is 0.123. The average Bonchev–Trinajstić information content (AvgIpc) is 2.72. The lowest BCUT2D eigenvalue weighted by Crippen LogP contribution is -2.35. The Kier molecular flexibility index (Phi) is 4.29. The highest BCUT2D eigenvalue weighted by atomic mass is 15.4. The molecule has 1 aromatic heterocycles. The summed E-state index contributed by atoms with van der Waals surface area (Å²) in [5.74, 6) is 1.60. The number of aromatic nitrogens is 3. The highest BCUT2D eigenvalue weighted by Gasteiger charge is 2.26. The van der Waals surface area contributed by atoms with Crippen LogP contribution in [0.25, 0.3) is 0 Å². The first-order valence-electron chi connectivity index (χ1n) is 7.49. The summed E-state index contributed by atoms with van der Waals surface area (Å²) in [5, 5.41) is 12.1. The standard InChI is InChI=1S/C15H28N4/c1-11-6-12(2)8-14(7-11)19-10-13(17-18-19)9-16-15(3,4)5/h10-12,14,16H,6-9H2,1-5H3. The van der Waals surface area contributed by atoms with Gasteiger partial charge < -0.3 is 5.32 Å². The molecule has 0 saturated heterocycles. The molecule has 0 bridgehead atoms. The molecule has 1 heterocycles. The minimum Gasteiger partial charge on any atom is -0.306 e. The molecule has 0 amide bonds. The van der Waals surface area contributed by atoms with Crippen LogP contribution in [-0.4, -0.2) is 20.5 Å². The summed E-state index contributed by atoms with van der Waals surface area (Å²) in [4.78, 5) is 0. The van der Waals surface area contributed by atoms with Gasteiger partial charge in [0.1, 0.15) is 0 Å². The Balaban J connectivity index is 1.96. The van der Waals surface area contributed by atoms with Crippen molar-refractivity contribution in [1.82, 2.24) is 20.3 Å². The van der Waals surface area contributed by atoms with Gasteiger partial charge in [0.05, 0.1) is 17.9 Å². The van der Waals surface area contributed by atoms with Gasteiger partial charge >= 0.3 is 0 Å². The number of rotatable bonds is 3. The molecule has 2 rings (SSSR count). The zero-order valence-electron chi connectivity index (χ0n) is 13.0. The van der Waals surface area contributed by atoms with Crippen molar-refractivity contribution in [1.29, 1.82) is 0 Å². The highest BCUT2D eigenvalue weighted by Crippen LogP contribution is 2.35. The summed E-state index contributed by atoms with van der Waals surface area (Å²) >= 11 is 0. The van der Waals surface area contributed by atoms with Crippen LogP contribution >= 0.6 is 0 Å². The molecule has 1 aliphatic rings. The van der Waals surface area contributed by atoms with Crippen molar-refractivity contribution in [2.75, 3.05) is 0 Å². The van der Waals surface area contributed by atoms with E-state index in [4.69, 9.17) is 0 Å². The zero-order chi connectivity index (χ0) is 14.0. The van der Waals surface area contributed by atoms with Gasteiger partial charge in [0.25, 0.3) is 0 Å². The molecule has 4 heteroatoms. The molecule has 108 valence electrons. The van der Waals surface area contributed by atoms with E-state index in [1.54, 1.807) is 0 Å². The third-order valence-corrected chi connectivity index (χ3v) is 3.89. The van der Waals surface area contributed by atoms with Crippen LogP contribution in [0.2, 0.25) is 0 Å². The van der Waals surface area contributed by atoms with Gasteiger partial charge in [-0.2, -0.15) is 0 Å². The van der Waals surface area contributed by atoms with Crippen molar-refractivity contribution in [3.63, 3.8) is 0 Å². The Labute approximate surface area is 117 Å². The van der Waals surface area contributed by atoms with E-state index in [-0.39, 0.29) is 5.54 Å². The van der Waals surface area contributed by atoms with Gasteiger partial charge in [-0.15, -0.1) is 5.10 Å². The average molecular weight is 264 g/mol. The van der Waals surface area contributed by atoms with Crippen molar-refractivity contribution in [2.45, 2.75) is 72.0 Å². The molecule has 1 N–H and O–H groups in total. The Morgan fingerprint density at radius 1 is 1.21 bits per heavy atom. The van der Waals surface area contributed by atoms with E-state index >= 15 is 0 Å². The Morgan fingerprint density at radius 2 is 1.84 bits per heavy atom. The number of nitrogens with zero attached hydrogens (tertiary/aromatic N) is 3. The summed E-state index contributed by atoms with van der Waals surface area (Å²) in [5.41, 5.74) is 1.17. The number of nitrogens with one attached hydrogen (secondary N) is 1. The summed E-state index contributed by atoms with van der Waals surface area (Å²) in [6.45, 7) is 12.0. The number of hydrogen-bond donors (Lipinski definition) is 1. The van der Waals surface area contributed by atoms with E-state index in [9.17, 15) is 0 Å². The first kappa shape index (κ1) is 14.5. The molecule has 2 atom stereocenters. The van der Waals surface area contributed by atoms with E-state index in [0.29, 0.717) is 6.04 Å². The molecule has 0 aromatic carbocycles. The maximum atomic E-state index is 4.34. The fourth-order valence-corrected chi connectivity index (χ4v) is 3.05. The predicted octanol–water partition coefficient (Wildman–Crippen LogP) is 3.16. The Bertz CT molecular complexity index is 395. The van der Waals surface area contributed by atoms with Crippen molar-refractivity contribution < 1.29 is 0 Å². The van der Waals surface area contributed by atoms with Crippen molar-refractivity contribution in [2.24, 2.45) is 11.8 Å². The van der Waals surface area contributed by atoms with E-state index in [0.717, 1.165) is 24.1 Å². The minimum absolute atomic E-state index is 0.123. The van der Waals surface area contributed by atoms with Crippen LogP contribution in [0, 0.1) is 11.8 Å². The smallest absolute Gasteiger partial charge is 0.0965 e. The third kappa shape index (κ3) is 4.30. The molecule has 1 aromatic rings. The molecule has 19 heavy (non-hydrogen) atoms. The van der Waals surface area contributed by atoms with Gasteiger partial charge in [-0.1, -0.05) is 19.1 Å². The molecule has 0 spiro atoms. The maximum absolute atomic E-state index is 4.34. The summed E-state index contributed by atoms with van der Waals surface area (Å²) in [7, 11) is 0. The van der Waals surface area contributed by atoms with Crippen LogP contribution in [-0.2, 0) is 6.54 Å². The van der Waals surface area contributed by atoms with Gasteiger partial charge in [0.15, 0.2) is 0 Å². The lowest BCUT2D eigenvalue weighted by Gasteiger charge is -2.31. The second-order valence-corrected chi connectivity index (χ2v) is 7.36. The predicted molar refractivity (Wildman–Crippen MR) is 77.8 cm³/mol. The molecule has 2 unspecified atom stereocenters. The lowest BCUT2D eigenvalue weighted by atomic mass is 9.80. The van der Waals surface area contributed by atoms with Crippen LogP contribution in [0.3, 0.4) is 0 Å². The van der Waals surface area contributed by atoms with Crippen LogP contribution in [0.5, 0.6) is 0 Å². The molecule has 4 nitrogen and oxygen atoms in total. The van der Waals surface area contributed by atoms with Crippen LogP contribution in [0.1, 0.15) is 65.6 Å². The highest BCUT2D eigenvalue weighted by molar-refractivity contribution is 4.95. The lowest BCUT2D eigenvalue weighted by molar-refractivity contribution is 0.208. The van der Waals surface area contributed by atoms with Gasteiger partial charge in [0, 0.05) is 12.1 Å². The first-order chi connectivity index (χ1) is 8.83. The van der Waals surface area contributed by atoms with Gasteiger partial charge in [0.2, 0.25) is 0 Å². The van der Waals surface area contributed by atoms with Gasteiger partial charge in [-0.05, 0) is 51.9 Å². The number of hydrogen-bond acceptors (Lipinski definition) is 3. The topological polar surface area (TPSA) is 42.7 Å². The van der Waals surface area contributed by atoms with Gasteiger partial charge in [-0.25, -0.2) is 4.68 Å². The van der Waals surface area contributed by atoms with Crippen molar-refractivity contribution in [3.8, 4) is 0 Å². The second kappa shape index (κ2) is 5.61. The summed E-state index contributed by atoms with van der Waals surface area (Å²) in [6, 6.07) is 0.537. The largest absolute Gasteiger partial charge is 0.306 e. The Morgan fingerprint density at radius 3 is 2.42 bits per heavy atom. The van der Waals surface area contributed by atoms with Crippen molar-refractivity contribution in [3.05, 3.63) is 11.9 Å². The SMILES string of the molecule is CC1CC(C)CC(n2cc(CNC(C)(C)C)nn2)C1. The molecular weight excluding hydrogens is 236 g/mol. The fraction of sp³-hybridized carbons (Fsp3) is 0.867. The van der Waals surface area contributed by atoms with E-state index < -0.39 is 0 Å². The van der Waals surface area contributed by atoms with E-state index in [2.05, 4.69) is 61.1 Å². The van der Waals surface area contributed by atoms with Crippen LogP contribution < -0.4 is 5.32 Å². The molecule has 0 radical (unpaired) electrons. The van der Waals surface area contributed by atoms with Crippen molar-refractivity contribution >= 4 is 0 Å². The molecule has 1 saturated carbocycles. The molecule has 1 fully saturated rings. The summed E-state index contributed by atoms with van der Waals surface area (Å²) in [6.07, 6.45) is 5.94. The third-order valence-electron chi connectivity index (χ3n) is 3.89. The molecular formula is C15H28N4. The van der Waals surface area contributed by atoms with E-state index in [1.807, 2.05) is 0 Å². The Hall–Kier alpha value is -0.900. The first-order valence-corrected chi connectivity index (χ1v) is 7.49. The normalized spacial score (nSPS) is 28.6. The monoisotopic (exact) mass is 264 g/mol. The summed E-state index contributed by atoms with van der Waals surface area (Å²) < 4.78 is 2.09. The van der Waals surface area contributed by atoms with Gasteiger partial charge in [-0.3, -0.25) is 0 Å². The second-order valence-electron chi connectivity index (χ2n) is 7.36. The fourth-order valence-electron chi connectivity index (χ4n) is 3.05.